The van der Waals surface area contributed by atoms with Gasteiger partial charge in [-0.3, -0.25) is 9.59 Å². The van der Waals surface area contributed by atoms with Gasteiger partial charge in [-0.25, -0.2) is 0 Å². The Morgan fingerprint density at radius 3 is 2.67 bits per heavy atom. The maximum absolute atomic E-state index is 12.7. The Bertz CT molecular complexity index is 813. The molecule has 0 saturated carbocycles. The van der Waals surface area contributed by atoms with E-state index in [1.54, 1.807) is 4.90 Å². The van der Waals surface area contributed by atoms with Crippen molar-refractivity contribution < 1.29 is 19.1 Å². The minimum absolute atomic E-state index is 0.0210. The van der Waals surface area contributed by atoms with Gasteiger partial charge in [0.05, 0.1) is 17.4 Å². The molecule has 3 rings (SSSR count). The topological polar surface area (TPSA) is 82.8 Å². The van der Waals surface area contributed by atoms with Gasteiger partial charge in [-0.05, 0) is 42.0 Å². The van der Waals surface area contributed by atoms with E-state index in [1.165, 1.54) is 23.9 Å². The van der Waals surface area contributed by atoms with E-state index in [0.29, 0.717) is 18.7 Å². The Labute approximate surface area is 166 Å². The largest absolute Gasteiger partial charge is 0.440 e. The Morgan fingerprint density at radius 2 is 2.07 bits per heavy atom. The number of β-amino-alcohol motifs (C(OH)–C–C–N with tert-alkyl or cyclic N) is 1. The lowest BCUT2D eigenvalue weighted by Crippen LogP contribution is -2.62. The van der Waals surface area contributed by atoms with Crippen LogP contribution in [0.5, 0.6) is 0 Å². The first-order valence-electron chi connectivity index (χ1n) is 8.54. The molecular weight excluding hydrogens is 388 g/mol. The molecule has 1 aromatic heterocycles. The third-order valence-corrected chi connectivity index (χ3v) is 5.52. The predicted octanol–water partition coefficient (Wildman–Crippen LogP) is 2.51. The number of hydrogen-bond donors (Lipinski definition) is 2. The van der Waals surface area contributed by atoms with Crippen molar-refractivity contribution in [1.82, 2.24) is 10.2 Å². The monoisotopic (exact) mass is 408 g/mol. The van der Waals surface area contributed by atoms with E-state index in [4.69, 9.17) is 16.0 Å². The fraction of sp³-hybridized carbons (Fsp3) is 0.368. The van der Waals surface area contributed by atoms with E-state index >= 15 is 0 Å². The van der Waals surface area contributed by atoms with E-state index < -0.39 is 17.6 Å². The number of thioether (sulfide) groups is 1. The summed E-state index contributed by atoms with van der Waals surface area (Å²) in [7, 11) is 0. The number of nitrogens with one attached hydrogen (secondary N) is 1. The number of rotatable bonds is 5. The first-order chi connectivity index (χ1) is 13.0. The van der Waals surface area contributed by atoms with Gasteiger partial charge in [0.1, 0.15) is 0 Å². The highest BCUT2D eigenvalue weighted by Crippen LogP contribution is 2.34. The normalized spacial score (nSPS) is 22.5. The van der Waals surface area contributed by atoms with Gasteiger partial charge in [0, 0.05) is 13.1 Å². The highest BCUT2D eigenvalue weighted by molar-refractivity contribution is 7.99. The summed E-state index contributed by atoms with van der Waals surface area (Å²) in [5, 5.41) is 14.0. The second-order valence-electron chi connectivity index (χ2n) is 6.43. The third kappa shape index (κ3) is 4.15. The first kappa shape index (κ1) is 19.8. The second kappa shape index (κ2) is 8.37. The molecule has 0 spiro atoms. The molecule has 2 aromatic rings. The van der Waals surface area contributed by atoms with Gasteiger partial charge in [0.15, 0.2) is 11.0 Å². The number of likely N-dealkylation sites (tertiary alicyclic amines) is 1. The molecular formula is C19H21ClN2O4S. The lowest BCUT2D eigenvalue weighted by molar-refractivity contribution is -0.134. The molecule has 8 heteroatoms. The molecule has 1 fully saturated rings. The van der Waals surface area contributed by atoms with Crippen molar-refractivity contribution in [3.8, 4) is 0 Å². The highest BCUT2D eigenvalue weighted by atomic mass is 35.5. The van der Waals surface area contributed by atoms with Crippen molar-refractivity contribution in [1.29, 1.82) is 0 Å². The average Bonchev–Trinajstić information content (AvgIpc) is 3.11. The van der Waals surface area contributed by atoms with Crippen LogP contribution in [0.15, 0.2) is 46.9 Å². The van der Waals surface area contributed by atoms with Crippen LogP contribution in [-0.2, 0) is 10.3 Å². The number of halogens is 1. The Balaban J connectivity index is 1.88. The van der Waals surface area contributed by atoms with Crippen LogP contribution < -0.4 is 5.32 Å². The van der Waals surface area contributed by atoms with Gasteiger partial charge in [0.2, 0.25) is 5.91 Å². The second-order valence-corrected chi connectivity index (χ2v) is 7.67. The van der Waals surface area contributed by atoms with Crippen LogP contribution in [0.4, 0.5) is 0 Å². The highest BCUT2D eigenvalue weighted by Gasteiger charge is 2.46. The van der Waals surface area contributed by atoms with Crippen molar-refractivity contribution >= 4 is 35.2 Å². The molecule has 2 heterocycles. The molecule has 144 valence electrons. The molecule has 1 aromatic carbocycles. The number of aliphatic hydroxyl groups is 1. The van der Waals surface area contributed by atoms with Crippen LogP contribution >= 0.6 is 23.4 Å². The number of benzene rings is 1. The fourth-order valence-electron chi connectivity index (χ4n) is 3.37. The number of nitrogens with zero attached hydrogens (tertiary/aromatic N) is 1. The molecule has 2 amide bonds. The van der Waals surface area contributed by atoms with Crippen LogP contribution in [0.2, 0.25) is 5.22 Å². The van der Waals surface area contributed by atoms with Crippen LogP contribution in [0.3, 0.4) is 0 Å². The molecule has 0 bridgehead atoms. The van der Waals surface area contributed by atoms with Gasteiger partial charge in [-0.1, -0.05) is 30.3 Å². The molecule has 6 nitrogen and oxygen atoms in total. The van der Waals surface area contributed by atoms with E-state index in [9.17, 15) is 14.7 Å². The first-order valence-corrected chi connectivity index (χ1v) is 10.3. The van der Waals surface area contributed by atoms with Crippen LogP contribution in [0.25, 0.3) is 0 Å². The average molecular weight is 409 g/mol. The lowest BCUT2D eigenvalue weighted by atomic mass is 9.78. The molecule has 27 heavy (non-hydrogen) atoms. The summed E-state index contributed by atoms with van der Waals surface area (Å²) in [6.07, 6.45) is 1.29. The zero-order chi connectivity index (χ0) is 19.4. The van der Waals surface area contributed by atoms with Gasteiger partial charge in [0.25, 0.3) is 5.91 Å². The zero-order valence-corrected chi connectivity index (χ0v) is 16.4. The maximum atomic E-state index is 12.7. The van der Waals surface area contributed by atoms with Gasteiger partial charge in [-0.2, -0.15) is 11.8 Å². The number of furan rings is 1. The number of amides is 2. The van der Waals surface area contributed by atoms with Crippen molar-refractivity contribution in [2.24, 2.45) is 0 Å². The quantitative estimate of drug-likeness (QED) is 0.794. The summed E-state index contributed by atoms with van der Waals surface area (Å²) in [6, 6.07) is 12.3. The number of aliphatic hydroxyl groups excluding tert-OH is 1. The van der Waals surface area contributed by atoms with E-state index in [2.05, 4.69) is 5.32 Å². The molecule has 2 N–H and O–H groups in total. The Hall–Kier alpha value is -1.96. The van der Waals surface area contributed by atoms with E-state index in [0.717, 1.165) is 5.56 Å². The van der Waals surface area contributed by atoms with Crippen LogP contribution in [-0.4, -0.2) is 53.0 Å². The van der Waals surface area contributed by atoms with Gasteiger partial charge in [-0.15, -0.1) is 0 Å². The number of carbonyl (C=O) groups excluding carboxylic acids is 2. The summed E-state index contributed by atoms with van der Waals surface area (Å²) in [4.78, 5) is 26.6. The zero-order valence-electron chi connectivity index (χ0n) is 14.9. The van der Waals surface area contributed by atoms with Gasteiger partial charge < -0.3 is 19.7 Å². The predicted molar refractivity (Wildman–Crippen MR) is 105 cm³/mol. The minimum Gasteiger partial charge on any atom is -0.440 e. The molecule has 1 aliphatic rings. The van der Waals surface area contributed by atoms with Crippen molar-refractivity contribution in [3.05, 3.63) is 59.0 Å². The summed E-state index contributed by atoms with van der Waals surface area (Å²) in [5.74, 6) is -0.0491. The number of piperidine rings is 1. The summed E-state index contributed by atoms with van der Waals surface area (Å²) >= 11 is 7.21. The SMILES string of the molecule is CSCC(=O)N1CC[C@](NC(=O)c2ccc(Cl)o2)(c2ccccc2)[C@H](O)C1. The molecule has 2 atom stereocenters. The Kier molecular flexibility index (Phi) is 6.14. The smallest absolute Gasteiger partial charge is 0.287 e. The van der Waals surface area contributed by atoms with Crippen LogP contribution in [0, 0.1) is 0 Å². The van der Waals surface area contributed by atoms with E-state index in [1.807, 2.05) is 36.6 Å². The Morgan fingerprint density at radius 1 is 1.33 bits per heavy atom. The molecule has 1 aliphatic heterocycles. The standard InChI is InChI=1S/C19H21ClN2O4S/c1-27-12-17(24)22-10-9-19(15(23)11-22,13-5-3-2-4-6-13)21-18(25)14-7-8-16(20)26-14/h2-8,15,23H,9-12H2,1H3,(H,21,25)/t15-,19+/m1/s1. The summed E-state index contributed by atoms with van der Waals surface area (Å²) < 4.78 is 5.20. The van der Waals surface area contributed by atoms with Crippen molar-refractivity contribution in [2.75, 3.05) is 25.1 Å². The molecule has 0 radical (unpaired) electrons. The van der Waals surface area contributed by atoms with Gasteiger partial charge >= 0.3 is 0 Å². The number of hydrogen-bond acceptors (Lipinski definition) is 5. The minimum atomic E-state index is -1.02. The molecule has 0 aliphatic carbocycles. The fourth-order valence-corrected chi connectivity index (χ4v) is 3.94. The maximum Gasteiger partial charge on any atom is 0.287 e. The summed E-state index contributed by atoms with van der Waals surface area (Å²) in [5.41, 5.74) is -0.242. The molecule has 1 saturated heterocycles. The number of carbonyl (C=O) groups is 2. The van der Waals surface area contributed by atoms with Crippen LogP contribution in [0.1, 0.15) is 22.5 Å². The summed E-state index contributed by atoms with van der Waals surface area (Å²) in [6.45, 7) is 0.581. The van der Waals surface area contributed by atoms with E-state index in [-0.39, 0.29) is 23.4 Å². The van der Waals surface area contributed by atoms with Crippen molar-refractivity contribution in [3.63, 3.8) is 0 Å². The lowest BCUT2D eigenvalue weighted by Gasteiger charge is -2.46. The molecule has 0 unspecified atom stereocenters. The van der Waals surface area contributed by atoms with Crippen molar-refractivity contribution in [2.45, 2.75) is 18.1 Å². The third-order valence-electron chi connectivity index (χ3n) is 4.78.